The molecular weight excluding hydrogens is 334 g/mol. The Balaban J connectivity index is 1.80. The summed E-state index contributed by atoms with van der Waals surface area (Å²) in [4.78, 5) is 23.2. The van der Waals surface area contributed by atoms with Crippen molar-refractivity contribution in [2.45, 2.75) is 6.92 Å². The molecule has 0 saturated heterocycles. The van der Waals surface area contributed by atoms with E-state index in [2.05, 4.69) is 15.3 Å². The van der Waals surface area contributed by atoms with E-state index in [0.29, 0.717) is 12.4 Å². The fraction of sp³-hybridized carbons (Fsp3) is 0.188. The number of aromatic nitrogens is 2. The zero-order valence-electron chi connectivity index (χ0n) is 12.8. The number of benzene rings is 1. The average molecular weight is 348 g/mol. The van der Waals surface area contributed by atoms with Crippen LogP contribution in [0.5, 0.6) is 0 Å². The highest BCUT2D eigenvalue weighted by Crippen LogP contribution is 2.26. The molecule has 24 heavy (non-hydrogen) atoms. The van der Waals surface area contributed by atoms with Gasteiger partial charge in [-0.05, 0) is 30.5 Å². The number of para-hydroxylation sites is 1. The molecule has 3 aromatic rings. The first kappa shape index (κ1) is 16.3. The van der Waals surface area contributed by atoms with Gasteiger partial charge >= 0.3 is 0 Å². The van der Waals surface area contributed by atoms with E-state index in [9.17, 15) is 13.6 Å². The van der Waals surface area contributed by atoms with Gasteiger partial charge in [0, 0.05) is 6.54 Å². The van der Waals surface area contributed by atoms with Crippen LogP contribution in [0.15, 0.2) is 36.0 Å². The number of halogens is 2. The minimum atomic E-state index is -0.811. The highest BCUT2D eigenvalue weighted by Gasteiger charge is 2.17. The van der Waals surface area contributed by atoms with Crippen LogP contribution in [0.25, 0.3) is 10.2 Å². The van der Waals surface area contributed by atoms with Gasteiger partial charge in [0.25, 0.3) is 0 Å². The predicted molar refractivity (Wildman–Crippen MR) is 90.3 cm³/mol. The summed E-state index contributed by atoms with van der Waals surface area (Å²) in [5.41, 5.74) is -0.443. The standard InChI is InChI=1S/C16H14F2N4OS/c1-2-22(15-10-6-7-24-16(10)20-9-19-15)8-13(23)21-14-11(17)4-3-5-12(14)18/h3-7,9H,2,8H2,1H3,(H,21,23). The molecule has 124 valence electrons. The van der Waals surface area contributed by atoms with Crippen molar-refractivity contribution >= 4 is 39.0 Å². The van der Waals surface area contributed by atoms with Gasteiger partial charge in [-0.25, -0.2) is 18.7 Å². The van der Waals surface area contributed by atoms with Crippen LogP contribution >= 0.6 is 11.3 Å². The van der Waals surface area contributed by atoms with Crippen molar-refractivity contribution in [3.63, 3.8) is 0 Å². The van der Waals surface area contributed by atoms with Crippen LogP contribution in [-0.4, -0.2) is 29.0 Å². The van der Waals surface area contributed by atoms with Gasteiger partial charge in [0.1, 0.15) is 34.3 Å². The molecule has 0 radical (unpaired) electrons. The Morgan fingerprint density at radius 2 is 2.00 bits per heavy atom. The summed E-state index contributed by atoms with van der Waals surface area (Å²) in [5.74, 6) is -1.53. The normalized spacial score (nSPS) is 10.8. The molecule has 1 aromatic carbocycles. The predicted octanol–water partition coefficient (Wildman–Crippen LogP) is 3.43. The van der Waals surface area contributed by atoms with Crippen molar-refractivity contribution in [3.8, 4) is 0 Å². The Bertz CT molecular complexity index is 863. The lowest BCUT2D eigenvalue weighted by atomic mass is 10.3. The van der Waals surface area contributed by atoms with Crippen molar-refractivity contribution in [1.29, 1.82) is 0 Å². The number of amides is 1. The number of nitrogens with zero attached hydrogens (tertiary/aromatic N) is 3. The molecule has 0 aliphatic rings. The lowest BCUT2D eigenvalue weighted by Gasteiger charge is -2.22. The molecule has 0 aliphatic carbocycles. The Morgan fingerprint density at radius 3 is 2.71 bits per heavy atom. The number of anilines is 2. The summed E-state index contributed by atoms with van der Waals surface area (Å²) in [5, 5.41) is 5.02. The summed E-state index contributed by atoms with van der Waals surface area (Å²) < 4.78 is 27.3. The summed E-state index contributed by atoms with van der Waals surface area (Å²) in [6.45, 7) is 2.30. The molecule has 0 aliphatic heterocycles. The molecule has 0 unspecified atom stereocenters. The largest absolute Gasteiger partial charge is 0.347 e. The Hall–Kier alpha value is -2.61. The number of carbonyl (C=O) groups is 1. The van der Waals surface area contributed by atoms with Gasteiger partial charge in [-0.2, -0.15) is 0 Å². The average Bonchev–Trinajstić information content (AvgIpc) is 3.05. The van der Waals surface area contributed by atoms with Crippen LogP contribution in [0.4, 0.5) is 20.3 Å². The molecule has 0 fully saturated rings. The molecule has 2 heterocycles. The monoisotopic (exact) mass is 348 g/mol. The van der Waals surface area contributed by atoms with E-state index >= 15 is 0 Å². The zero-order chi connectivity index (χ0) is 17.1. The van der Waals surface area contributed by atoms with E-state index in [1.54, 1.807) is 4.90 Å². The maximum atomic E-state index is 13.6. The van der Waals surface area contributed by atoms with Gasteiger partial charge in [-0.3, -0.25) is 4.79 Å². The van der Waals surface area contributed by atoms with Crippen molar-refractivity contribution in [2.24, 2.45) is 0 Å². The van der Waals surface area contributed by atoms with Crippen molar-refractivity contribution in [2.75, 3.05) is 23.3 Å². The van der Waals surface area contributed by atoms with Crippen LogP contribution in [0.3, 0.4) is 0 Å². The first-order chi connectivity index (χ1) is 11.6. The molecule has 3 rings (SSSR count). The van der Waals surface area contributed by atoms with Crippen molar-refractivity contribution < 1.29 is 13.6 Å². The third-order valence-corrected chi connectivity index (χ3v) is 4.30. The smallest absolute Gasteiger partial charge is 0.244 e. The Morgan fingerprint density at radius 1 is 1.25 bits per heavy atom. The highest BCUT2D eigenvalue weighted by molar-refractivity contribution is 7.16. The maximum absolute atomic E-state index is 13.6. The fourth-order valence-electron chi connectivity index (χ4n) is 2.33. The second kappa shape index (κ2) is 6.88. The number of likely N-dealkylation sites (N-methyl/N-ethyl adjacent to an activating group) is 1. The number of carbonyl (C=O) groups excluding carboxylic acids is 1. The third-order valence-electron chi connectivity index (χ3n) is 3.48. The number of thiophene rings is 1. The molecule has 0 atom stereocenters. The number of hydrogen-bond donors (Lipinski definition) is 1. The Kier molecular flexibility index (Phi) is 4.66. The maximum Gasteiger partial charge on any atom is 0.244 e. The first-order valence-electron chi connectivity index (χ1n) is 7.27. The second-order valence-electron chi connectivity index (χ2n) is 5.00. The second-order valence-corrected chi connectivity index (χ2v) is 5.89. The molecule has 5 nitrogen and oxygen atoms in total. The fourth-order valence-corrected chi connectivity index (χ4v) is 3.06. The van der Waals surface area contributed by atoms with Crippen LogP contribution in [0.1, 0.15) is 6.92 Å². The van der Waals surface area contributed by atoms with Crippen LogP contribution in [0, 0.1) is 11.6 Å². The van der Waals surface area contributed by atoms with E-state index in [0.717, 1.165) is 22.3 Å². The van der Waals surface area contributed by atoms with Gasteiger partial charge in [0.15, 0.2) is 0 Å². The molecular formula is C16H14F2N4OS. The SMILES string of the molecule is CCN(CC(=O)Nc1c(F)cccc1F)c1ncnc2sccc12. The van der Waals surface area contributed by atoms with E-state index in [-0.39, 0.29) is 6.54 Å². The molecule has 8 heteroatoms. The van der Waals surface area contributed by atoms with E-state index < -0.39 is 23.2 Å². The number of hydrogen-bond acceptors (Lipinski definition) is 5. The quantitative estimate of drug-likeness (QED) is 0.767. The van der Waals surface area contributed by atoms with Crippen LogP contribution in [-0.2, 0) is 4.79 Å². The molecule has 0 spiro atoms. The molecule has 1 amide bonds. The van der Waals surface area contributed by atoms with E-state index in [1.807, 2.05) is 18.4 Å². The van der Waals surface area contributed by atoms with Gasteiger partial charge < -0.3 is 10.2 Å². The topological polar surface area (TPSA) is 58.1 Å². The first-order valence-corrected chi connectivity index (χ1v) is 8.15. The number of fused-ring (bicyclic) bond motifs is 1. The van der Waals surface area contributed by atoms with E-state index in [4.69, 9.17) is 0 Å². The summed E-state index contributed by atoms with van der Waals surface area (Å²) in [6.07, 6.45) is 1.44. The van der Waals surface area contributed by atoms with E-state index in [1.165, 1.54) is 23.7 Å². The summed E-state index contributed by atoms with van der Waals surface area (Å²) in [6, 6.07) is 5.31. The van der Waals surface area contributed by atoms with Gasteiger partial charge in [-0.15, -0.1) is 11.3 Å². The summed E-state index contributed by atoms with van der Waals surface area (Å²) in [7, 11) is 0. The van der Waals surface area contributed by atoms with Gasteiger partial charge in [0.05, 0.1) is 11.9 Å². The third kappa shape index (κ3) is 3.18. The van der Waals surface area contributed by atoms with Crippen molar-refractivity contribution in [1.82, 2.24) is 9.97 Å². The lowest BCUT2D eigenvalue weighted by molar-refractivity contribution is -0.115. The highest BCUT2D eigenvalue weighted by atomic mass is 32.1. The van der Waals surface area contributed by atoms with Gasteiger partial charge in [0.2, 0.25) is 5.91 Å². The number of rotatable bonds is 5. The van der Waals surface area contributed by atoms with Crippen LogP contribution < -0.4 is 10.2 Å². The molecule has 0 bridgehead atoms. The van der Waals surface area contributed by atoms with Crippen molar-refractivity contribution in [3.05, 3.63) is 47.6 Å². The van der Waals surface area contributed by atoms with Gasteiger partial charge in [-0.1, -0.05) is 6.07 Å². The lowest BCUT2D eigenvalue weighted by Crippen LogP contribution is -2.34. The van der Waals surface area contributed by atoms with Crippen LogP contribution in [0.2, 0.25) is 0 Å². The molecule has 0 saturated carbocycles. The minimum Gasteiger partial charge on any atom is -0.347 e. The minimum absolute atomic E-state index is 0.0771. The zero-order valence-corrected chi connectivity index (χ0v) is 13.6. The Labute approximate surface area is 141 Å². The number of nitrogens with one attached hydrogen (secondary N) is 1. The molecule has 1 N–H and O–H groups in total. The molecule has 2 aromatic heterocycles. The summed E-state index contributed by atoms with van der Waals surface area (Å²) >= 11 is 1.48.